The van der Waals surface area contributed by atoms with Crippen LogP contribution in [0.2, 0.25) is 0 Å². The van der Waals surface area contributed by atoms with Gasteiger partial charge in [0.25, 0.3) is 0 Å². The summed E-state index contributed by atoms with van der Waals surface area (Å²) in [6, 6.07) is 4.61. The average Bonchev–Trinajstić information content (AvgIpc) is 2.53. The van der Waals surface area contributed by atoms with Gasteiger partial charge in [0, 0.05) is 19.2 Å². The smallest absolute Gasteiger partial charge is 0.328 e. The number of methoxy groups -OCH3 is 1. The van der Waals surface area contributed by atoms with E-state index in [9.17, 15) is 13.2 Å². The van der Waals surface area contributed by atoms with Gasteiger partial charge in [-0.1, -0.05) is 12.5 Å². The van der Waals surface area contributed by atoms with E-state index in [4.69, 9.17) is 9.84 Å². The number of piperidine rings is 1. The van der Waals surface area contributed by atoms with Crippen molar-refractivity contribution in [2.24, 2.45) is 0 Å². The Hall–Kier alpha value is -1.86. The highest BCUT2D eigenvalue weighted by atomic mass is 32.2. The van der Waals surface area contributed by atoms with Crippen molar-refractivity contribution in [1.29, 1.82) is 0 Å². The summed E-state index contributed by atoms with van der Waals surface area (Å²) < 4.78 is 32.1. The number of nitrogens with zero attached hydrogens (tertiary/aromatic N) is 1. The largest absolute Gasteiger partial charge is 0.495 e. The van der Waals surface area contributed by atoms with Gasteiger partial charge in [0.15, 0.2) is 0 Å². The molecule has 1 N–H and O–H groups in total. The number of rotatable bonds is 5. The minimum absolute atomic E-state index is 0.0736. The number of carboxylic acid groups (broad SMARTS) is 1. The van der Waals surface area contributed by atoms with Gasteiger partial charge >= 0.3 is 5.97 Å². The molecule has 1 aliphatic heterocycles. The van der Waals surface area contributed by atoms with E-state index in [1.165, 1.54) is 23.6 Å². The van der Waals surface area contributed by atoms with Crippen LogP contribution in [0.15, 0.2) is 29.2 Å². The van der Waals surface area contributed by atoms with E-state index in [1.807, 2.05) is 0 Å². The molecule has 2 rings (SSSR count). The fourth-order valence-electron chi connectivity index (χ4n) is 2.41. The molecule has 120 valence electrons. The second-order valence-corrected chi connectivity index (χ2v) is 6.95. The molecule has 1 heterocycles. The Labute approximate surface area is 130 Å². The Bertz CT molecular complexity index is 675. The van der Waals surface area contributed by atoms with E-state index in [0.717, 1.165) is 25.3 Å². The van der Waals surface area contributed by atoms with E-state index >= 15 is 0 Å². The first-order valence-corrected chi connectivity index (χ1v) is 8.48. The van der Waals surface area contributed by atoms with Crippen LogP contribution in [0.25, 0.3) is 6.08 Å². The Balaban J connectivity index is 2.42. The van der Waals surface area contributed by atoms with Gasteiger partial charge < -0.3 is 9.84 Å². The quantitative estimate of drug-likeness (QED) is 0.837. The van der Waals surface area contributed by atoms with Crippen LogP contribution in [0.1, 0.15) is 24.8 Å². The molecule has 0 amide bonds. The predicted molar refractivity (Wildman–Crippen MR) is 82.3 cm³/mol. The minimum Gasteiger partial charge on any atom is -0.495 e. The lowest BCUT2D eigenvalue weighted by atomic mass is 10.2. The maximum Gasteiger partial charge on any atom is 0.328 e. The highest BCUT2D eigenvalue weighted by molar-refractivity contribution is 7.89. The number of benzene rings is 1. The first-order chi connectivity index (χ1) is 10.4. The Kier molecular flexibility index (Phi) is 5.20. The van der Waals surface area contributed by atoms with Crippen molar-refractivity contribution in [2.75, 3.05) is 20.2 Å². The lowest BCUT2D eigenvalue weighted by Crippen LogP contribution is -2.35. The SMILES string of the molecule is COc1ccc(/C=C/C(=O)O)cc1S(=O)(=O)N1CCCCC1. The van der Waals surface area contributed by atoms with Crippen molar-refractivity contribution in [3.05, 3.63) is 29.8 Å². The summed E-state index contributed by atoms with van der Waals surface area (Å²) in [6.45, 7) is 1.00. The normalized spacial score (nSPS) is 16.8. The zero-order valence-electron chi connectivity index (χ0n) is 12.4. The molecule has 1 saturated heterocycles. The van der Waals surface area contributed by atoms with Gasteiger partial charge in [0.1, 0.15) is 10.6 Å². The van der Waals surface area contributed by atoms with Gasteiger partial charge in [-0.2, -0.15) is 4.31 Å². The van der Waals surface area contributed by atoms with Gasteiger partial charge in [-0.3, -0.25) is 0 Å². The molecule has 22 heavy (non-hydrogen) atoms. The van der Waals surface area contributed by atoms with Gasteiger partial charge in [0.2, 0.25) is 10.0 Å². The highest BCUT2D eigenvalue weighted by Crippen LogP contribution is 2.29. The van der Waals surface area contributed by atoms with Crippen LogP contribution in [0.3, 0.4) is 0 Å². The molecule has 0 atom stereocenters. The summed E-state index contributed by atoms with van der Waals surface area (Å²) in [5.41, 5.74) is 0.499. The molecule has 1 aromatic carbocycles. The van der Waals surface area contributed by atoms with Gasteiger partial charge in [-0.05, 0) is 36.6 Å². The van der Waals surface area contributed by atoms with Crippen LogP contribution in [0.4, 0.5) is 0 Å². The number of carboxylic acids is 1. The summed E-state index contributed by atoms with van der Waals surface area (Å²) in [5.74, 6) is -0.825. The predicted octanol–water partition coefficient (Wildman–Crippen LogP) is 1.97. The third-order valence-electron chi connectivity index (χ3n) is 3.54. The third-order valence-corrected chi connectivity index (χ3v) is 5.46. The molecule has 0 radical (unpaired) electrons. The molecular formula is C15H19NO5S. The standard InChI is InChI=1S/C15H19NO5S/c1-21-13-7-5-12(6-8-15(17)18)11-14(13)22(19,20)16-9-3-2-4-10-16/h5-8,11H,2-4,9-10H2,1H3,(H,17,18)/b8-6+. The van der Waals surface area contributed by atoms with Gasteiger partial charge in [0.05, 0.1) is 7.11 Å². The maximum absolute atomic E-state index is 12.8. The highest BCUT2D eigenvalue weighted by Gasteiger charge is 2.28. The Morgan fingerprint density at radius 3 is 2.55 bits per heavy atom. The molecule has 0 spiro atoms. The molecule has 1 aromatic rings. The minimum atomic E-state index is -3.64. The number of hydrogen-bond acceptors (Lipinski definition) is 4. The molecule has 0 saturated carbocycles. The summed E-state index contributed by atoms with van der Waals surface area (Å²) in [5, 5.41) is 8.67. The monoisotopic (exact) mass is 325 g/mol. The van der Waals surface area contributed by atoms with Crippen molar-refractivity contribution < 1.29 is 23.1 Å². The number of ether oxygens (including phenoxy) is 1. The van der Waals surface area contributed by atoms with Crippen LogP contribution >= 0.6 is 0 Å². The fraction of sp³-hybridized carbons (Fsp3) is 0.400. The molecule has 1 fully saturated rings. The summed E-state index contributed by atoms with van der Waals surface area (Å²) >= 11 is 0. The molecule has 7 heteroatoms. The van der Waals surface area contributed by atoms with Crippen LogP contribution in [-0.2, 0) is 14.8 Å². The maximum atomic E-state index is 12.8. The Morgan fingerprint density at radius 2 is 1.95 bits per heavy atom. The van der Waals surface area contributed by atoms with Crippen LogP contribution < -0.4 is 4.74 Å². The molecule has 6 nitrogen and oxygen atoms in total. The summed E-state index contributed by atoms with van der Waals surface area (Å²) in [4.78, 5) is 10.7. The first-order valence-electron chi connectivity index (χ1n) is 7.04. The van der Waals surface area contributed by atoms with E-state index in [0.29, 0.717) is 18.7 Å². The average molecular weight is 325 g/mol. The van der Waals surface area contributed by atoms with E-state index in [2.05, 4.69) is 0 Å². The molecule has 0 aliphatic carbocycles. The zero-order chi connectivity index (χ0) is 16.2. The number of carbonyl (C=O) groups is 1. The summed E-state index contributed by atoms with van der Waals surface area (Å²) in [7, 11) is -2.22. The van der Waals surface area contributed by atoms with Crippen molar-refractivity contribution in [2.45, 2.75) is 24.2 Å². The lowest BCUT2D eigenvalue weighted by molar-refractivity contribution is -0.131. The zero-order valence-corrected chi connectivity index (χ0v) is 13.2. The van der Waals surface area contributed by atoms with Gasteiger partial charge in [-0.25, -0.2) is 13.2 Å². The topological polar surface area (TPSA) is 83.9 Å². The van der Waals surface area contributed by atoms with Gasteiger partial charge in [-0.15, -0.1) is 0 Å². The molecule has 1 aliphatic rings. The molecule has 0 aromatic heterocycles. The van der Waals surface area contributed by atoms with Crippen LogP contribution in [0, 0.1) is 0 Å². The van der Waals surface area contributed by atoms with E-state index in [1.54, 1.807) is 12.1 Å². The van der Waals surface area contributed by atoms with Crippen LogP contribution in [-0.4, -0.2) is 44.0 Å². The molecule has 0 unspecified atom stereocenters. The van der Waals surface area contributed by atoms with Crippen molar-refractivity contribution in [3.8, 4) is 5.75 Å². The number of hydrogen-bond donors (Lipinski definition) is 1. The van der Waals surface area contributed by atoms with Crippen molar-refractivity contribution >= 4 is 22.1 Å². The number of sulfonamides is 1. The lowest BCUT2D eigenvalue weighted by Gasteiger charge is -2.26. The Morgan fingerprint density at radius 1 is 1.27 bits per heavy atom. The summed E-state index contributed by atoms with van der Waals surface area (Å²) in [6.07, 6.45) is 5.06. The third kappa shape index (κ3) is 3.66. The second-order valence-electron chi connectivity index (χ2n) is 5.05. The van der Waals surface area contributed by atoms with Crippen LogP contribution in [0.5, 0.6) is 5.75 Å². The van der Waals surface area contributed by atoms with Crippen molar-refractivity contribution in [1.82, 2.24) is 4.31 Å². The van der Waals surface area contributed by atoms with Crippen molar-refractivity contribution in [3.63, 3.8) is 0 Å². The number of aliphatic carboxylic acids is 1. The van der Waals surface area contributed by atoms with E-state index in [-0.39, 0.29) is 10.6 Å². The van der Waals surface area contributed by atoms with E-state index < -0.39 is 16.0 Å². The molecular weight excluding hydrogens is 306 g/mol. The second kappa shape index (κ2) is 6.93. The first kappa shape index (κ1) is 16.5. The molecule has 0 bridgehead atoms. The fourth-order valence-corrected chi connectivity index (χ4v) is 4.12.